The zero-order chi connectivity index (χ0) is 24.5. The minimum atomic E-state index is -0.521. The third-order valence-electron chi connectivity index (χ3n) is 7.35. The number of amides is 2. The minimum Gasteiger partial charge on any atom is -0.493 e. The van der Waals surface area contributed by atoms with Gasteiger partial charge in [-0.3, -0.25) is 9.59 Å². The van der Waals surface area contributed by atoms with E-state index in [2.05, 4.69) is 18.0 Å². The van der Waals surface area contributed by atoms with Gasteiger partial charge in [-0.15, -0.1) is 0 Å². The van der Waals surface area contributed by atoms with Gasteiger partial charge < -0.3 is 24.3 Å². The number of hydrogen-bond acceptors (Lipinski definition) is 4. The van der Waals surface area contributed by atoms with Gasteiger partial charge in [0.1, 0.15) is 6.04 Å². The second kappa shape index (κ2) is 9.64. The van der Waals surface area contributed by atoms with Crippen LogP contribution in [0.4, 0.5) is 0 Å². The Hall–Kier alpha value is -3.48. The van der Waals surface area contributed by atoms with Crippen LogP contribution in [0.3, 0.4) is 0 Å². The molecule has 0 saturated carbocycles. The number of benzene rings is 2. The lowest BCUT2D eigenvalue weighted by molar-refractivity contribution is -0.158. The van der Waals surface area contributed by atoms with Gasteiger partial charge in [0.2, 0.25) is 11.8 Å². The average Bonchev–Trinajstić information content (AvgIpc) is 3.26. The second-order valence-corrected chi connectivity index (χ2v) is 9.42. The third kappa shape index (κ3) is 4.03. The van der Waals surface area contributed by atoms with E-state index >= 15 is 0 Å². The first kappa shape index (κ1) is 23.3. The Morgan fingerprint density at radius 2 is 1.80 bits per heavy atom. The number of ether oxygens (including phenoxy) is 2. The van der Waals surface area contributed by atoms with E-state index < -0.39 is 12.1 Å². The van der Waals surface area contributed by atoms with E-state index in [0.717, 1.165) is 53.4 Å². The zero-order valence-electron chi connectivity index (χ0n) is 20.7. The summed E-state index contributed by atoms with van der Waals surface area (Å²) in [4.78, 5) is 34.5. The van der Waals surface area contributed by atoms with Gasteiger partial charge in [0.15, 0.2) is 11.5 Å². The number of para-hydroxylation sites is 1. The zero-order valence-corrected chi connectivity index (χ0v) is 20.7. The van der Waals surface area contributed by atoms with Crippen LogP contribution >= 0.6 is 0 Å². The molecule has 0 unspecified atom stereocenters. The number of H-pyrrole nitrogens is 1. The maximum Gasteiger partial charge on any atom is 0.246 e. The Kier molecular flexibility index (Phi) is 6.41. The van der Waals surface area contributed by atoms with Crippen LogP contribution in [-0.2, 0) is 16.0 Å². The fourth-order valence-corrected chi connectivity index (χ4v) is 5.61. The van der Waals surface area contributed by atoms with Crippen LogP contribution in [0.2, 0.25) is 0 Å². The molecule has 1 fully saturated rings. The average molecular weight is 476 g/mol. The fraction of sp³-hybridized carbons (Fsp3) is 0.429. The highest BCUT2D eigenvalue weighted by Gasteiger charge is 2.48. The molecule has 1 N–H and O–H groups in total. The topological polar surface area (TPSA) is 74.9 Å². The molecule has 7 heteroatoms. The number of nitrogens with zero attached hydrogens (tertiary/aromatic N) is 2. The molecule has 7 nitrogen and oxygen atoms in total. The summed E-state index contributed by atoms with van der Waals surface area (Å²) in [6, 6.07) is 12.9. The van der Waals surface area contributed by atoms with Crippen LogP contribution in [0.25, 0.3) is 10.9 Å². The Balaban J connectivity index is 1.59. The molecule has 1 aromatic heterocycles. The standard InChI is InChI=1S/C28H33N3O4/c1-4-5-6-9-14-30-17-25(32)31-22(28(30)33)16-20-19-10-7-8-11-21(19)29-26(20)27(31)18-12-13-23(34-2)24(15-18)35-3/h7-8,10-13,15,22,27,29H,4-6,9,14,16-17H2,1-3H3/t22-,27-/m0/s1. The van der Waals surface area contributed by atoms with E-state index in [4.69, 9.17) is 9.47 Å². The summed E-state index contributed by atoms with van der Waals surface area (Å²) in [6.45, 7) is 2.93. The molecule has 3 heterocycles. The monoisotopic (exact) mass is 475 g/mol. The number of methoxy groups -OCH3 is 2. The Morgan fingerprint density at radius 3 is 2.57 bits per heavy atom. The highest BCUT2D eigenvalue weighted by atomic mass is 16.5. The first-order valence-electron chi connectivity index (χ1n) is 12.5. The number of nitrogens with one attached hydrogen (secondary N) is 1. The van der Waals surface area contributed by atoms with Crippen molar-refractivity contribution in [3.63, 3.8) is 0 Å². The molecular weight excluding hydrogens is 442 g/mol. The minimum absolute atomic E-state index is 0.0193. The number of fused-ring (bicyclic) bond motifs is 4. The molecule has 0 aliphatic carbocycles. The Morgan fingerprint density at radius 1 is 1.00 bits per heavy atom. The van der Waals surface area contributed by atoms with E-state index in [1.165, 1.54) is 0 Å². The number of unbranched alkanes of at least 4 members (excludes halogenated alkanes) is 3. The molecule has 3 aromatic rings. The SMILES string of the molecule is CCCCCCN1CC(=O)N2[C@@H](c3ccc(OC)c(OC)c3)c3[nH]c4ccccc4c3C[C@H]2C1=O. The van der Waals surface area contributed by atoms with Crippen molar-refractivity contribution in [2.24, 2.45) is 0 Å². The van der Waals surface area contributed by atoms with Crippen LogP contribution in [0.5, 0.6) is 11.5 Å². The van der Waals surface area contributed by atoms with Crippen molar-refractivity contribution in [2.45, 2.75) is 51.1 Å². The predicted molar refractivity (Wildman–Crippen MR) is 135 cm³/mol. The first-order valence-corrected chi connectivity index (χ1v) is 12.5. The predicted octanol–water partition coefficient (Wildman–Crippen LogP) is 4.45. The highest BCUT2D eigenvalue weighted by Crippen LogP contribution is 2.44. The molecule has 184 valence electrons. The molecule has 2 aromatic carbocycles. The van der Waals surface area contributed by atoms with E-state index in [-0.39, 0.29) is 18.4 Å². The molecule has 35 heavy (non-hydrogen) atoms. The normalized spacial score (nSPS) is 19.6. The number of aromatic amines is 1. The lowest BCUT2D eigenvalue weighted by Gasteiger charge is -2.47. The van der Waals surface area contributed by atoms with E-state index in [1.807, 2.05) is 36.4 Å². The van der Waals surface area contributed by atoms with Gasteiger partial charge in [-0.25, -0.2) is 0 Å². The Bertz CT molecular complexity index is 1250. The van der Waals surface area contributed by atoms with E-state index in [0.29, 0.717) is 24.5 Å². The smallest absolute Gasteiger partial charge is 0.246 e. The summed E-state index contributed by atoms with van der Waals surface area (Å²) in [5.74, 6) is 1.24. The van der Waals surface area contributed by atoms with Gasteiger partial charge in [-0.05, 0) is 35.7 Å². The molecule has 2 atom stereocenters. The van der Waals surface area contributed by atoms with Crippen molar-refractivity contribution in [1.82, 2.24) is 14.8 Å². The summed E-state index contributed by atoms with van der Waals surface area (Å²) >= 11 is 0. The Labute approximate surface area is 206 Å². The maximum absolute atomic E-state index is 13.7. The lowest BCUT2D eigenvalue weighted by atomic mass is 9.86. The molecule has 0 bridgehead atoms. The molecular formula is C28H33N3O4. The summed E-state index contributed by atoms with van der Waals surface area (Å²) in [7, 11) is 3.21. The number of carbonyl (C=O) groups excluding carboxylic acids is 2. The fourth-order valence-electron chi connectivity index (χ4n) is 5.61. The molecule has 5 rings (SSSR count). The molecule has 1 saturated heterocycles. The molecule has 2 aliphatic rings. The van der Waals surface area contributed by atoms with Gasteiger partial charge in [0, 0.05) is 29.6 Å². The van der Waals surface area contributed by atoms with Crippen LogP contribution in [0.1, 0.15) is 55.5 Å². The highest BCUT2D eigenvalue weighted by molar-refractivity contribution is 5.97. The van der Waals surface area contributed by atoms with Gasteiger partial charge >= 0.3 is 0 Å². The van der Waals surface area contributed by atoms with Crippen molar-refractivity contribution in [1.29, 1.82) is 0 Å². The van der Waals surface area contributed by atoms with Crippen molar-refractivity contribution < 1.29 is 19.1 Å². The van der Waals surface area contributed by atoms with Crippen molar-refractivity contribution >= 4 is 22.7 Å². The van der Waals surface area contributed by atoms with Crippen molar-refractivity contribution in [3.05, 3.63) is 59.3 Å². The van der Waals surface area contributed by atoms with Gasteiger partial charge in [-0.2, -0.15) is 0 Å². The summed E-state index contributed by atoms with van der Waals surface area (Å²) in [5, 5.41) is 1.10. The number of hydrogen-bond donors (Lipinski definition) is 1. The van der Waals surface area contributed by atoms with E-state index in [1.54, 1.807) is 24.0 Å². The van der Waals surface area contributed by atoms with Crippen LogP contribution < -0.4 is 9.47 Å². The third-order valence-corrected chi connectivity index (χ3v) is 7.35. The molecule has 2 aliphatic heterocycles. The number of aromatic nitrogens is 1. The van der Waals surface area contributed by atoms with Crippen LogP contribution in [0.15, 0.2) is 42.5 Å². The summed E-state index contributed by atoms with van der Waals surface area (Å²) in [5.41, 5.74) is 3.97. The largest absolute Gasteiger partial charge is 0.493 e. The molecule has 0 radical (unpaired) electrons. The van der Waals surface area contributed by atoms with Crippen molar-refractivity contribution in [3.8, 4) is 11.5 Å². The molecule has 0 spiro atoms. The maximum atomic E-state index is 13.7. The van der Waals surface area contributed by atoms with Gasteiger partial charge in [0.05, 0.1) is 26.8 Å². The van der Waals surface area contributed by atoms with Gasteiger partial charge in [-0.1, -0.05) is 50.5 Å². The quantitative estimate of drug-likeness (QED) is 0.489. The molecule has 2 amide bonds. The van der Waals surface area contributed by atoms with Crippen molar-refractivity contribution in [2.75, 3.05) is 27.3 Å². The van der Waals surface area contributed by atoms with Crippen LogP contribution in [0, 0.1) is 0 Å². The first-order chi connectivity index (χ1) is 17.1. The number of rotatable bonds is 8. The van der Waals surface area contributed by atoms with Crippen LogP contribution in [-0.4, -0.2) is 59.9 Å². The summed E-state index contributed by atoms with van der Waals surface area (Å²) in [6.07, 6.45) is 4.80. The second-order valence-electron chi connectivity index (χ2n) is 9.42. The summed E-state index contributed by atoms with van der Waals surface area (Å²) < 4.78 is 11.0. The van der Waals surface area contributed by atoms with Gasteiger partial charge in [0.25, 0.3) is 0 Å². The number of piperazine rings is 1. The lowest BCUT2D eigenvalue weighted by Crippen LogP contribution is -2.63. The number of carbonyl (C=O) groups is 2. The van der Waals surface area contributed by atoms with E-state index in [9.17, 15) is 9.59 Å².